The number of hydrogen-bond acceptors (Lipinski definition) is 4. The molecule has 5 nitrogen and oxygen atoms in total. The van der Waals surface area contributed by atoms with E-state index < -0.39 is 11.4 Å². The lowest BCUT2D eigenvalue weighted by Crippen LogP contribution is -2.36. The highest BCUT2D eigenvalue weighted by molar-refractivity contribution is 7.09. The minimum atomic E-state index is -0.839. The fourth-order valence-corrected chi connectivity index (χ4v) is 3.42. The molecule has 20 heavy (non-hydrogen) atoms. The predicted octanol–water partition coefficient (Wildman–Crippen LogP) is 2.40. The number of aliphatic carboxylic acids is 1. The van der Waals surface area contributed by atoms with Gasteiger partial charge in [0.15, 0.2) is 0 Å². The Morgan fingerprint density at radius 1 is 1.50 bits per heavy atom. The molecule has 2 rings (SSSR count). The van der Waals surface area contributed by atoms with E-state index in [0.29, 0.717) is 19.4 Å². The van der Waals surface area contributed by atoms with E-state index in [1.807, 2.05) is 12.3 Å². The molecule has 1 unspecified atom stereocenters. The molecule has 0 bridgehead atoms. The van der Waals surface area contributed by atoms with Crippen LogP contribution in [0.4, 0.5) is 0 Å². The number of amides is 1. The normalized spacial score (nSPS) is 18.6. The van der Waals surface area contributed by atoms with Gasteiger partial charge in [-0.3, -0.25) is 9.59 Å². The Morgan fingerprint density at radius 2 is 2.20 bits per heavy atom. The van der Waals surface area contributed by atoms with Gasteiger partial charge in [0.1, 0.15) is 0 Å². The Balaban J connectivity index is 1.84. The van der Waals surface area contributed by atoms with Crippen molar-refractivity contribution in [2.24, 2.45) is 5.41 Å². The van der Waals surface area contributed by atoms with Crippen molar-refractivity contribution in [3.8, 4) is 0 Å². The van der Waals surface area contributed by atoms with E-state index in [1.54, 1.807) is 17.5 Å². The molecular formula is C14H20N2O3S. The fraction of sp³-hybridized carbons (Fsp3) is 0.643. The molecule has 0 saturated heterocycles. The molecule has 0 spiro atoms. The first-order valence-corrected chi connectivity index (χ1v) is 7.81. The Morgan fingerprint density at radius 3 is 2.75 bits per heavy atom. The number of nitrogens with one attached hydrogen (secondary N) is 1. The summed E-state index contributed by atoms with van der Waals surface area (Å²) in [6.45, 7) is 2.50. The topological polar surface area (TPSA) is 79.3 Å². The summed E-state index contributed by atoms with van der Waals surface area (Å²) in [5, 5.41) is 15.1. The van der Waals surface area contributed by atoms with Crippen LogP contribution in [0.5, 0.6) is 0 Å². The summed E-state index contributed by atoms with van der Waals surface area (Å²) >= 11 is 1.56. The van der Waals surface area contributed by atoms with Gasteiger partial charge in [-0.1, -0.05) is 19.8 Å². The van der Waals surface area contributed by atoms with Crippen LogP contribution in [0.3, 0.4) is 0 Å². The molecule has 6 heteroatoms. The maximum Gasteiger partial charge on any atom is 0.310 e. The molecule has 110 valence electrons. The van der Waals surface area contributed by atoms with Gasteiger partial charge in [0.2, 0.25) is 5.91 Å². The molecule has 1 heterocycles. The van der Waals surface area contributed by atoms with Crippen molar-refractivity contribution in [2.45, 2.75) is 44.9 Å². The number of carbonyl (C=O) groups excluding carboxylic acids is 1. The quantitative estimate of drug-likeness (QED) is 0.845. The Hall–Kier alpha value is -1.43. The van der Waals surface area contributed by atoms with Crippen molar-refractivity contribution in [1.82, 2.24) is 10.3 Å². The minimum Gasteiger partial charge on any atom is -0.481 e. The third-order valence-electron chi connectivity index (χ3n) is 3.99. The van der Waals surface area contributed by atoms with Crippen molar-refractivity contribution in [3.05, 3.63) is 16.6 Å². The zero-order chi connectivity index (χ0) is 14.6. The molecule has 1 atom stereocenters. The van der Waals surface area contributed by atoms with Gasteiger partial charge in [0, 0.05) is 30.5 Å². The van der Waals surface area contributed by atoms with Crippen LogP contribution >= 0.6 is 11.3 Å². The van der Waals surface area contributed by atoms with Crippen LogP contribution in [0.25, 0.3) is 0 Å². The van der Waals surface area contributed by atoms with Crippen LogP contribution < -0.4 is 5.32 Å². The van der Waals surface area contributed by atoms with Crippen LogP contribution in [-0.4, -0.2) is 28.5 Å². The lowest BCUT2D eigenvalue weighted by Gasteiger charge is -2.23. The number of nitrogens with zero attached hydrogens (tertiary/aromatic N) is 1. The first-order chi connectivity index (χ1) is 9.53. The second kappa shape index (κ2) is 6.35. The third kappa shape index (κ3) is 3.36. The Bertz CT molecular complexity index is 467. The summed E-state index contributed by atoms with van der Waals surface area (Å²) < 4.78 is 0. The van der Waals surface area contributed by atoms with E-state index in [0.717, 1.165) is 17.8 Å². The Labute approximate surface area is 122 Å². The lowest BCUT2D eigenvalue weighted by molar-refractivity contribution is -0.151. The average Bonchev–Trinajstić information content (AvgIpc) is 3.07. The van der Waals surface area contributed by atoms with Gasteiger partial charge in [0.05, 0.1) is 10.4 Å². The van der Waals surface area contributed by atoms with Crippen molar-refractivity contribution in [2.75, 3.05) is 6.54 Å². The summed E-state index contributed by atoms with van der Waals surface area (Å²) in [5.74, 6) is -0.848. The summed E-state index contributed by atoms with van der Waals surface area (Å²) in [6.07, 6.45) is 4.85. The number of carbonyl (C=O) groups is 2. The van der Waals surface area contributed by atoms with Crippen molar-refractivity contribution in [3.63, 3.8) is 0 Å². The average molecular weight is 296 g/mol. The summed E-state index contributed by atoms with van der Waals surface area (Å²) in [6, 6.07) is 0. The van der Waals surface area contributed by atoms with Gasteiger partial charge in [-0.15, -0.1) is 11.3 Å². The number of rotatable bonds is 6. The highest BCUT2D eigenvalue weighted by atomic mass is 32.1. The van der Waals surface area contributed by atoms with E-state index >= 15 is 0 Å². The largest absolute Gasteiger partial charge is 0.481 e. The van der Waals surface area contributed by atoms with Crippen molar-refractivity contribution >= 4 is 23.2 Å². The van der Waals surface area contributed by atoms with E-state index in [-0.39, 0.29) is 18.2 Å². The molecule has 1 aliphatic carbocycles. The second-order valence-corrected chi connectivity index (χ2v) is 6.47. The standard InChI is InChI=1S/C14H20N2O3S/c1-10(12-15-6-7-20-12)9-16-11(17)8-14(13(18)19)4-2-3-5-14/h6-7,10H,2-5,8-9H2,1H3,(H,16,17)(H,18,19). The molecule has 1 fully saturated rings. The first kappa shape index (κ1) is 15.0. The number of aromatic nitrogens is 1. The van der Waals surface area contributed by atoms with Crippen LogP contribution in [0.1, 0.15) is 50.0 Å². The highest BCUT2D eigenvalue weighted by Gasteiger charge is 2.42. The number of hydrogen-bond donors (Lipinski definition) is 2. The molecule has 1 amide bonds. The fourth-order valence-electron chi connectivity index (χ4n) is 2.72. The lowest BCUT2D eigenvalue weighted by atomic mass is 9.82. The van der Waals surface area contributed by atoms with Crippen molar-refractivity contribution < 1.29 is 14.7 Å². The maximum absolute atomic E-state index is 12.0. The van der Waals surface area contributed by atoms with E-state index in [2.05, 4.69) is 10.3 Å². The molecule has 0 aliphatic heterocycles. The van der Waals surface area contributed by atoms with Gasteiger partial charge in [-0.25, -0.2) is 4.98 Å². The summed E-state index contributed by atoms with van der Waals surface area (Å²) in [5.41, 5.74) is -0.839. The van der Waals surface area contributed by atoms with Crippen molar-refractivity contribution in [1.29, 1.82) is 0 Å². The van der Waals surface area contributed by atoms with Crippen LogP contribution in [0, 0.1) is 5.41 Å². The van der Waals surface area contributed by atoms with Gasteiger partial charge >= 0.3 is 5.97 Å². The highest BCUT2D eigenvalue weighted by Crippen LogP contribution is 2.41. The van der Waals surface area contributed by atoms with Gasteiger partial charge in [0.25, 0.3) is 0 Å². The first-order valence-electron chi connectivity index (χ1n) is 6.93. The number of carboxylic acids is 1. The summed E-state index contributed by atoms with van der Waals surface area (Å²) in [7, 11) is 0. The molecule has 1 aliphatic rings. The van der Waals surface area contributed by atoms with Crippen LogP contribution in [-0.2, 0) is 9.59 Å². The zero-order valence-electron chi connectivity index (χ0n) is 11.6. The third-order valence-corrected chi connectivity index (χ3v) is 5.00. The minimum absolute atomic E-state index is 0.0902. The SMILES string of the molecule is CC(CNC(=O)CC1(C(=O)O)CCCC1)c1nccs1. The van der Waals surface area contributed by atoms with Crippen LogP contribution in [0.15, 0.2) is 11.6 Å². The zero-order valence-corrected chi connectivity index (χ0v) is 12.4. The molecule has 0 aromatic carbocycles. The van der Waals surface area contributed by atoms with E-state index in [1.165, 1.54) is 0 Å². The number of carboxylic acid groups (broad SMARTS) is 1. The van der Waals surface area contributed by atoms with Gasteiger partial charge < -0.3 is 10.4 Å². The maximum atomic E-state index is 12.0. The van der Waals surface area contributed by atoms with E-state index in [9.17, 15) is 14.7 Å². The Kier molecular flexibility index (Phi) is 4.75. The van der Waals surface area contributed by atoms with Gasteiger partial charge in [-0.05, 0) is 12.8 Å². The molecule has 0 radical (unpaired) electrons. The molecular weight excluding hydrogens is 276 g/mol. The van der Waals surface area contributed by atoms with Gasteiger partial charge in [-0.2, -0.15) is 0 Å². The summed E-state index contributed by atoms with van der Waals surface area (Å²) in [4.78, 5) is 27.6. The predicted molar refractivity (Wildman–Crippen MR) is 76.7 cm³/mol. The second-order valence-electron chi connectivity index (χ2n) is 5.54. The molecule has 2 N–H and O–H groups in total. The molecule has 1 aromatic heterocycles. The monoisotopic (exact) mass is 296 g/mol. The molecule has 1 saturated carbocycles. The molecule has 1 aromatic rings. The number of thiazole rings is 1. The smallest absolute Gasteiger partial charge is 0.310 e. The van der Waals surface area contributed by atoms with E-state index in [4.69, 9.17) is 0 Å². The van der Waals surface area contributed by atoms with Crippen LogP contribution in [0.2, 0.25) is 0 Å².